The summed E-state index contributed by atoms with van der Waals surface area (Å²) in [6.07, 6.45) is 6.38. The molecule has 0 atom stereocenters. The van der Waals surface area contributed by atoms with Crippen LogP contribution in [0.2, 0.25) is 5.02 Å². The van der Waals surface area contributed by atoms with Gasteiger partial charge in [-0.1, -0.05) is 11.6 Å². The van der Waals surface area contributed by atoms with Gasteiger partial charge < -0.3 is 15.0 Å². The maximum Gasteiger partial charge on any atom is 0.225 e. The van der Waals surface area contributed by atoms with Crippen LogP contribution in [0.3, 0.4) is 0 Å². The summed E-state index contributed by atoms with van der Waals surface area (Å²) in [6.45, 7) is 0. The van der Waals surface area contributed by atoms with Gasteiger partial charge in [-0.2, -0.15) is 5.10 Å². The number of hydrogen-bond acceptors (Lipinski definition) is 9. The van der Waals surface area contributed by atoms with E-state index in [1.807, 2.05) is 25.1 Å². The second-order valence-electron chi connectivity index (χ2n) is 6.82. The number of pyridine rings is 1. The smallest absolute Gasteiger partial charge is 0.225 e. The van der Waals surface area contributed by atoms with E-state index in [-0.39, 0.29) is 0 Å². The number of anilines is 3. The van der Waals surface area contributed by atoms with Crippen LogP contribution in [0.1, 0.15) is 0 Å². The first-order valence-electron chi connectivity index (χ1n) is 9.26. The van der Waals surface area contributed by atoms with Crippen LogP contribution < -0.4 is 15.0 Å². The van der Waals surface area contributed by atoms with Crippen molar-refractivity contribution in [2.45, 2.75) is 0 Å². The van der Waals surface area contributed by atoms with Crippen molar-refractivity contribution in [3.8, 4) is 11.5 Å². The molecule has 4 heterocycles. The lowest BCUT2D eigenvalue weighted by Gasteiger charge is -2.13. The van der Waals surface area contributed by atoms with Crippen LogP contribution in [0.5, 0.6) is 11.5 Å². The normalized spacial score (nSPS) is 11.1. The van der Waals surface area contributed by atoms with Crippen molar-refractivity contribution in [2.24, 2.45) is 0 Å². The molecule has 0 fully saturated rings. The molecule has 0 aliphatic heterocycles. The standard InChI is InChI=1S/C20H16ClN9O/c1-29(2)20-22-9-15-18(28-20)19(25-10-23-15)27-12-3-4-16(14(21)7-12)31-13-5-6-30-17(8-13)24-11-26-30/h3-11H,1-2H3,(H,23,25,27). The molecule has 0 aliphatic rings. The van der Waals surface area contributed by atoms with Gasteiger partial charge >= 0.3 is 0 Å². The molecule has 0 saturated heterocycles. The van der Waals surface area contributed by atoms with Crippen LogP contribution in [0.25, 0.3) is 16.7 Å². The molecule has 5 rings (SSSR count). The van der Waals surface area contributed by atoms with Gasteiger partial charge in [0.1, 0.15) is 35.2 Å². The van der Waals surface area contributed by atoms with E-state index >= 15 is 0 Å². The second kappa shape index (κ2) is 7.65. The molecule has 0 amide bonds. The molecule has 0 spiro atoms. The number of benzene rings is 1. The third-order valence-corrected chi connectivity index (χ3v) is 4.73. The van der Waals surface area contributed by atoms with Gasteiger partial charge in [0.15, 0.2) is 11.5 Å². The fourth-order valence-electron chi connectivity index (χ4n) is 2.94. The summed E-state index contributed by atoms with van der Waals surface area (Å²) >= 11 is 6.46. The fourth-order valence-corrected chi connectivity index (χ4v) is 3.16. The number of aromatic nitrogens is 7. The average Bonchev–Trinajstić information content (AvgIpc) is 3.23. The molecule has 154 valence electrons. The van der Waals surface area contributed by atoms with E-state index in [0.717, 1.165) is 5.69 Å². The summed E-state index contributed by atoms with van der Waals surface area (Å²) in [4.78, 5) is 23.3. The Kier molecular flexibility index (Phi) is 4.68. The molecular weight excluding hydrogens is 418 g/mol. The van der Waals surface area contributed by atoms with E-state index < -0.39 is 0 Å². The zero-order valence-corrected chi connectivity index (χ0v) is 17.3. The van der Waals surface area contributed by atoms with Gasteiger partial charge in [-0.05, 0) is 24.3 Å². The summed E-state index contributed by atoms with van der Waals surface area (Å²) in [5.41, 5.74) is 2.66. The maximum atomic E-state index is 6.46. The van der Waals surface area contributed by atoms with Gasteiger partial charge in [-0.15, -0.1) is 0 Å². The molecule has 11 heteroatoms. The van der Waals surface area contributed by atoms with E-state index in [1.165, 1.54) is 12.7 Å². The summed E-state index contributed by atoms with van der Waals surface area (Å²) in [6, 6.07) is 8.96. The minimum Gasteiger partial charge on any atom is -0.456 e. The lowest BCUT2D eigenvalue weighted by atomic mass is 10.3. The van der Waals surface area contributed by atoms with Crippen molar-refractivity contribution in [3.05, 3.63) is 60.4 Å². The molecule has 1 aromatic carbocycles. The van der Waals surface area contributed by atoms with E-state index in [1.54, 1.807) is 41.2 Å². The maximum absolute atomic E-state index is 6.46. The van der Waals surface area contributed by atoms with Crippen molar-refractivity contribution >= 4 is 45.7 Å². The summed E-state index contributed by atoms with van der Waals surface area (Å²) in [5.74, 6) is 2.24. The van der Waals surface area contributed by atoms with Crippen molar-refractivity contribution in [2.75, 3.05) is 24.3 Å². The Morgan fingerprint density at radius 1 is 1.03 bits per heavy atom. The van der Waals surface area contributed by atoms with Crippen LogP contribution >= 0.6 is 11.6 Å². The van der Waals surface area contributed by atoms with Gasteiger partial charge in [0, 0.05) is 32.0 Å². The summed E-state index contributed by atoms with van der Waals surface area (Å²) < 4.78 is 7.56. The predicted molar refractivity (Wildman–Crippen MR) is 117 cm³/mol. The fraction of sp³-hybridized carbons (Fsp3) is 0.100. The van der Waals surface area contributed by atoms with Crippen LogP contribution in [0.15, 0.2) is 55.4 Å². The van der Waals surface area contributed by atoms with E-state index in [4.69, 9.17) is 16.3 Å². The Bertz CT molecular complexity index is 1400. The Labute approximate surface area is 181 Å². The Balaban J connectivity index is 1.42. The highest BCUT2D eigenvalue weighted by atomic mass is 35.5. The number of halogens is 1. The van der Waals surface area contributed by atoms with E-state index in [2.05, 4.69) is 35.3 Å². The molecule has 0 bridgehead atoms. The molecule has 1 N–H and O–H groups in total. The average molecular weight is 434 g/mol. The SMILES string of the molecule is CN(C)c1ncc2ncnc(Nc3ccc(Oc4ccn5ncnc5c4)c(Cl)c3)c2n1. The van der Waals surface area contributed by atoms with Crippen molar-refractivity contribution in [3.63, 3.8) is 0 Å². The molecule has 31 heavy (non-hydrogen) atoms. The van der Waals surface area contributed by atoms with Crippen molar-refractivity contribution in [1.29, 1.82) is 0 Å². The number of rotatable bonds is 5. The third-order valence-electron chi connectivity index (χ3n) is 4.44. The first-order valence-corrected chi connectivity index (χ1v) is 9.63. The van der Waals surface area contributed by atoms with E-state index in [0.29, 0.717) is 45.0 Å². The van der Waals surface area contributed by atoms with Gasteiger partial charge in [-0.25, -0.2) is 29.4 Å². The molecular formula is C20H16ClN9O. The second-order valence-corrected chi connectivity index (χ2v) is 7.23. The number of fused-ring (bicyclic) bond motifs is 2. The number of nitrogens with zero attached hydrogens (tertiary/aromatic N) is 8. The zero-order chi connectivity index (χ0) is 21.4. The molecule has 10 nitrogen and oxygen atoms in total. The highest BCUT2D eigenvalue weighted by molar-refractivity contribution is 6.32. The molecule has 0 aliphatic carbocycles. The summed E-state index contributed by atoms with van der Waals surface area (Å²) in [5, 5.41) is 7.75. The van der Waals surface area contributed by atoms with Gasteiger partial charge in [-0.3, -0.25) is 0 Å². The van der Waals surface area contributed by atoms with Crippen molar-refractivity contribution < 1.29 is 4.74 Å². The first kappa shape index (κ1) is 18.9. The quantitative estimate of drug-likeness (QED) is 0.443. The Hall–Kier alpha value is -4.05. The monoisotopic (exact) mass is 433 g/mol. The van der Waals surface area contributed by atoms with Gasteiger partial charge in [0.25, 0.3) is 0 Å². The predicted octanol–water partition coefficient (Wildman–Crippen LogP) is 3.72. The number of hydrogen-bond donors (Lipinski definition) is 1. The summed E-state index contributed by atoms with van der Waals surface area (Å²) in [7, 11) is 3.74. The van der Waals surface area contributed by atoms with Crippen LogP contribution in [0.4, 0.5) is 17.5 Å². The lowest BCUT2D eigenvalue weighted by molar-refractivity contribution is 0.482. The number of nitrogens with one attached hydrogen (secondary N) is 1. The molecule has 0 unspecified atom stereocenters. The van der Waals surface area contributed by atoms with Crippen LogP contribution in [-0.2, 0) is 0 Å². The lowest BCUT2D eigenvalue weighted by Crippen LogP contribution is -2.13. The van der Waals surface area contributed by atoms with Crippen molar-refractivity contribution in [1.82, 2.24) is 34.5 Å². The minimum absolute atomic E-state index is 0.438. The minimum atomic E-state index is 0.438. The van der Waals surface area contributed by atoms with Gasteiger partial charge in [0.2, 0.25) is 5.95 Å². The molecule has 4 aromatic heterocycles. The highest BCUT2D eigenvalue weighted by Crippen LogP contribution is 2.33. The van der Waals surface area contributed by atoms with Gasteiger partial charge in [0.05, 0.1) is 11.2 Å². The molecule has 5 aromatic rings. The molecule has 0 radical (unpaired) electrons. The highest BCUT2D eigenvalue weighted by Gasteiger charge is 2.11. The zero-order valence-electron chi connectivity index (χ0n) is 16.6. The van der Waals surface area contributed by atoms with Crippen LogP contribution in [0, 0.1) is 0 Å². The largest absolute Gasteiger partial charge is 0.456 e. The third kappa shape index (κ3) is 3.76. The topological polar surface area (TPSA) is 106 Å². The first-order chi connectivity index (χ1) is 15.1. The Morgan fingerprint density at radius 2 is 1.94 bits per heavy atom. The van der Waals surface area contributed by atoms with E-state index in [9.17, 15) is 0 Å². The Morgan fingerprint density at radius 3 is 2.77 bits per heavy atom. The number of ether oxygens (including phenoxy) is 1. The van der Waals surface area contributed by atoms with Crippen LogP contribution in [-0.4, -0.2) is 48.6 Å². The molecule has 0 saturated carbocycles.